The fourth-order valence-corrected chi connectivity index (χ4v) is 3.08. The van der Waals surface area contributed by atoms with E-state index >= 15 is 0 Å². The van der Waals surface area contributed by atoms with Gasteiger partial charge in [-0.05, 0) is 49.1 Å². The second-order valence-corrected chi connectivity index (χ2v) is 6.63. The van der Waals surface area contributed by atoms with Gasteiger partial charge in [0.25, 0.3) is 0 Å². The van der Waals surface area contributed by atoms with E-state index in [0.717, 1.165) is 61.1 Å². The van der Waals surface area contributed by atoms with Crippen molar-refractivity contribution in [3.8, 4) is 5.75 Å². The lowest BCUT2D eigenvalue weighted by molar-refractivity contribution is 0.411. The molecule has 7 heteroatoms. The van der Waals surface area contributed by atoms with Crippen molar-refractivity contribution in [1.29, 1.82) is 0 Å². The number of pyridine rings is 1. The van der Waals surface area contributed by atoms with E-state index in [2.05, 4.69) is 50.9 Å². The molecule has 2 heterocycles. The van der Waals surface area contributed by atoms with Crippen molar-refractivity contribution >= 4 is 11.6 Å². The van der Waals surface area contributed by atoms with Crippen LogP contribution in [0.15, 0.2) is 47.6 Å². The normalized spacial score (nSPS) is 11.6. The minimum Gasteiger partial charge on any atom is -0.496 e. The average Bonchev–Trinajstić information content (AvgIpc) is 3.14. The summed E-state index contributed by atoms with van der Waals surface area (Å²) in [4.78, 5) is 4.29. The van der Waals surface area contributed by atoms with Gasteiger partial charge in [-0.2, -0.15) is 0 Å². The minimum atomic E-state index is 0.806. The summed E-state index contributed by atoms with van der Waals surface area (Å²) in [5, 5.41) is 15.2. The maximum Gasteiger partial charge on any atom is 0.190 e. The van der Waals surface area contributed by atoms with Gasteiger partial charge in [0, 0.05) is 32.8 Å². The summed E-state index contributed by atoms with van der Waals surface area (Å²) in [5.41, 5.74) is 3.27. The molecule has 0 unspecified atom stereocenters. The van der Waals surface area contributed by atoms with Crippen LogP contribution in [0.2, 0.25) is 0 Å². The van der Waals surface area contributed by atoms with Gasteiger partial charge in [0.15, 0.2) is 11.6 Å². The topological polar surface area (TPSA) is 75.8 Å². The molecule has 3 aromatic rings. The van der Waals surface area contributed by atoms with Crippen LogP contribution in [0.5, 0.6) is 5.75 Å². The van der Waals surface area contributed by atoms with Gasteiger partial charge in [-0.15, -0.1) is 10.2 Å². The summed E-state index contributed by atoms with van der Waals surface area (Å²) >= 11 is 0. The molecule has 28 heavy (non-hydrogen) atoms. The molecule has 0 amide bonds. The van der Waals surface area contributed by atoms with Crippen molar-refractivity contribution in [2.75, 3.05) is 27.2 Å². The van der Waals surface area contributed by atoms with Crippen molar-refractivity contribution in [3.05, 3.63) is 59.5 Å². The Morgan fingerprint density at radius 2 is 1.96 bits per heavy atom. The lowest BCUT2D eigenvalue weighted by atomic mass is 10.1. The van der Waals surface area contributed by atoms with Crippen LogP contribution in [0.1, 0.15) is 23.4 Å². The molecule has 2 N–H and O–H groups in total. The van der Waals surface area contributed by atoms with Crippen molar-refractivity contribution in [2.24, 2.45) is 4.99 Å². The first kappa shape index (κ1) is 19.7. The quantitative estimate of drug-likeness (QED) is 0.357. The minimum absolute atomic E-state index is 0.806. The summed E-state index contributed by atoms with van der Waals surface area (Å²) in [6.45, 7) is 3.68. The van der Waals surface area contributed by atoms with Crippen molar-refractivity contribution in [3.63, 3.8) is 0 Å². The highest BCUT2D eigenvalue weighted by molar-refractivity contribution is 5.79. The number of aliphatic imine (C=N–C) groups is 1. The zero-order valence-corrected chi connectivity index (χ0v) is 16.8. The summed E-state index contributed by atoms with van der Waals surface area (Å²) in [6, 6.07) is 12.2. The lowest BCUT2D eigenvalue weighted by Gasteiger charge is -2.12. The van der Waals surface area contributed by atoms with Crippen LogP contribution < -0.4 is 15.4 Å². The molecular weight excluding hydrogens is 352 g/mol. The summed E-state index contributed by atoms with van der Waals surface area (Å²) < 4.78 is 7.42. The van der Waals surface area contributed by atoms with Crippen LogP contribution in [-0.4, -0.2) is 47.8 Å². The summed E-state index contributed by atoms with van der Waals surface area (Å²) in [7, 11) is 3.49. The van der Waals surface area contributed by atoms with Crippen molar-refractivity contribution in [2.45, 2.75) is 26.2 Å². The third-order valence-electron chi connectivity index (χ3n) is 4.66. The molecule has 0 aliphatic rings. The molecule has 2 aromatic heterocycles. The Kier molecular flexibility index (Phi) is 6.84. The van der Waals surface area contributed by atoms with Crippen LogP contribution >= 0.6 is 0 Å². The number of aryl methyl sites for hydroxylation is 2. The Labute approximate surface area is 165 Å². The van der Waals surface area contributed by atoms with Gasteiger partial charge in [-0.3, -0.25) is 9.39 Å². The lowest BCUT2D eigenvalue weighted by Crippen LogP contribution is -2.38. The first-order valence-electron chi connectivity index (χ1n) is 9.58. The Balaban J connectivity index is 1.40. The van der Waals surface area contributed by atoms with E-state index in [-0.39, 0.29) is 0 Å². The van der Waals surface area contributed by atoms with Gasteiger partial charge in [-0.25, -0.2) is 0 Å². The first-order chi connectivity index (χ1) is 13.7. The summed E-state index contributed by atoms with van der Waals surface area (Å²) in [6.07, 6.45) is 4.71. The van der Waals surface area contributed by atoms with E-state index in [1.54, 1.807) is 14.2 Å². The monoisotopic (exact) mass is 380 g/mol. The number of methoxy groups -OCH3 is 1. The number of rotatable bonds is 8. The Morgan fingerprint density at radius 1 is 1.11 bits per heavy atom. The van der Waals surface area contributed by atoms with Gasteiger partial charge < -0.3 is 15.4 Å². The molecular formula is C21H28N6O. The number of hydrogen-bond acceptors (Lipinski definition) is 4. The highest BCUT2D eigenvalue weighted by atomic mass is 16.5. The van der Waals surface area contributed by atoms with Crippen LogP contribution in [0, 0.1) is 6.92 Å². The molecule has 0 saturated heterocycles. The number of nitrogens with zero attached hydrogens (tertiary/aromatic N) is 4. The van der Waals surface area contributed by atoms with Gasteiger partial charge in [0.2, 0.25) is 0 Å². The molecule has 0 saturated carbocycles. The van der Waals surface area contributed by atoms with E-state index in [9.17, 15) is 0 Å². The largest absolute Gasteiger partial charge is 0.496 e. The number of benzene rings is 1. The predicted molar refractivity (Wildman–Crippen MR) is 112 cm³/mol. The van der Waals surface area contributed by atoms with E-state index in [0.29, 0.717) is 0 Å². The van der Waals surface area contributed by atoms with Crippen molar-refractivity contribution < 1.29 is 4.74 Å². The van der Waals surface area contributed by atoms with E-state index in [1.165, 1.54) is 5.56 Å². The average molecular weight is 380 g/mol. The van der Waals surface area contributed by atoms with Crippen molar-refractivity contribution in [1.82, 2.24) is 25.2 Å². The molecule has 0 radical (unpaired) electrons. The van der Waals surface area contributed by atoms with Gasteiger partial charge in [0.05, 0.1) is 7.11 Å². The van der Waals surface area contributed by atoms with Crippen LogP contribution in [0.25, 0.3) is 5.65 Å². The standard InChI is InChI=1S/C21H28N6O/c1-16-9-10-17(15-18(16)28-3)11-13-24-21(22-2)23-12-6-8-20-26-25-19-7-4-5-14-27(19)20/h4-5,7,9-10,14-15H,6,8,11-13H2,1-3H3,(H2,22,23,24). The van der Waals surface area contributed by atoms with E-state index < -0.39 is 0 Å². The first-order valence-corrected chi connectivity index (χ1v) is 9.58. The maximum absolute atomic E-state index is 5.39. The Hall–Kier alpha value is -3.09. The number of nitrogens with one attached hydrogen (secondary N) is 2. The zero-order chi connectivity index (χ0) is 19.8. The molecule has 3 rings (SSSR count). The molecule has 0 spiro atoms. The zero-order valence-electron chi connectivity index (χ0n) is 16.8. The predicted octanol–water partition coefficient (Wildman–Crippen LogP) is 2.39. The van der Waals surface area contributed by atoms with Crippen LogP contribution in [-0.2, 0) is 12.8 Å². The molecule has 0 aliphatic heterocycles. The number of hydrogen-bond donors (Lipinski definition) is 2. The molecule has 0 fully saturated rings. The third kappa shape index (κ3) is 5.00. The highest BCUT2D eigenvalue weighted by Gasteiger charge is 2.05. The summed E-state index contributed by atoms with van der Waals surface area (Å²) in [5.74, 6) is 2.72. The Bertz CT molecular complexity index is 934. The number of ether oxygens (including phenoxy) is 1. The molecule has 1 aromatic carbocycles. The SMILES string of the molecule is CN=C(NCCCc1nnc2ccccn12)NCCc1ccc(C)c(OC)c1. The number of guanidine groups is 1. The van der Waals surface area contributed by atoms with E-state index in [1.807, 2.05) is 28.8 Å². The molecule has 0 bridgehead atoms. The Morgan fingerprint density at radius 3 is 2.79 bits per heavy atom. The third-order valence-corrected chi connectivity index (χ3v) is 4.66. The van der Waals surface area contributed by atoms with Gasteiger partial charge in [-0.1, -0.05) is 18.2 Å². The molecule has 7 nitrogen and oxygen atoms in total. The fraction of sp³-hybridized carbons (Fsp3) is 0.381. The smallest absolute Gasteiger partial charge is 0.190 e. The second-order valence-electron chi connectivity index (χ2n) is 6.63. The second kappa shape index (κ2) is 9.73. The number of fused-ring (bicyclic) bond motifs is 1. The molecule has 148 valence electrons. The van der Waals surface area contributed by atoms with Gasteiger partial charge in [0.1, 0.15) is 11.6 Å². The molecule has 0 atom stereocenters. The fourth-order valence-electron chi connectivity index (χ4n) is 3.08. The number of aromatic nitrogens is 3. The van der Waals surface area contributed by atoms with Gasteiger partial charge >= 0.3 is 0 Å². The van der Waals surface area contributed by atoms with Crippen LogP contribution in [0.4, 0.5) is 0 Å². The maximum atomic E-state index is 5.39. The molecule has 0 aliphatic carbocycles. The van der Waals surface area contributed by atoms with E-state index in [4.69, 9.17) is 4.74 Å². The van der Waals surface area contributed by atoms with Crippen LogP contribution in [0.3, 0.4) is 0 Å². The highest BCUT2D eigenvalue weighted by Crippen LogP contribution is 2.18.